The van der Waals surface area contributed by atoms with E-state index < -0.39 is 0 Å². The van der Waals surface area contributed by atoms with Crippen molar-refractivity contribution in [1.29, 1.82) is 0 Å². The summed E-state index contributed by atoms with van der Waals surface area (Å²) in [6.07, 6.45) is 0. The Morgan fingerprint density at radius 1 is 0.750 bits per heavy atom. The highest BCUT2D eigenvalue weighted by atomic mass is 16.2. The molecule has 0 radical (unpaired) electrons. The smallest absolute Gasteiger partial charge is 0.265 e. The van der Waals surface area contributed by atoms with Crippen molar-refractivity contribution in [2.24, 2.45) is 11.7 Å². The molecule has 6 heteroatoms. The average molecular weight is 270 g/mol. The molecular weight excluding hydrogens is 256 g/mol. The van der Waals surface area contributed by atoms with Gasteiger partial charge in [0, 0.05) is 11.1 Å². The summed E-state index contributed by atoms with van der Waals surface area (Å²) < 4.78 is 0. The standard InChI is InChI=1S/C14H14N4O2/c15-17-13(19)10-6-4-9(5-7-10)11-2-1-3-12(8-11)14(20)18-16/h1-8H,15-16H2,(H,17,19)(H,18,20). The van der Waals surface area contributed by atoms with Crippen LogP contribution in [0.4, 0.5) is 0 Å². The SMILES string of the molecule is NNC(=O)c1ccc(-c2cccc(C(=O)NN)c2)cc1. The van der Waals surface area contributed by atoms with Crippen LogP contribution in [0.3, 0.4) is 0 Å². The second-order valence-electron chi connectivity index (χ2n) is 4.11. The van der Waals surface area contributed by atoms with Gasteiger partial charge < -0.3 is 0 Å². The highest BCUT2D eigenvalue weighted by molar-refractivity contribution is 5.96. The summed E-state index contributed by atoms with van der Waals surface area (Å²) in [6, 6.07) is 13.9. The molecule has 0 aliphatic rings. The summed E-state index contributed by atoms with van der Waals surface area (Å²) in [5.74, 6) is 9.46. The van der Waals surface area contributed by atoms with Crippen molar-refractivity contribution >= 4 is 11.8 Å². The number of nitrogens with two attached hydrogens (primary N) is 2. The van der Waals surface area contributed by atoms with Crippen LogP contribution in [0.2, 0.25) is 0 Å². The Bertz CT molecular complexity index is 638. The average Bonchev–Trinajstić information content (AvgIpc) is 2.53. The normalized spacial score (nSPS) is 9.90. The fourth-order valence-electron chi connectivity index (χ4n) is 1.82. The van der Waals surface area contributed by atoms with E-state index in [1.807, 2.05) is 6.07 Å². The van der Waals surface area contributed by atoms with Crippen molar-refractivity contribution in [3.05, 3.63) is 59.7 Å². The van der Waals surface area contributed by atoms with Crippen molar-refractivity contribution in [3.8, 4) is 11.1 Å². The van der Waals surface area contributed by atoms with Crippen LogP contribution in [-0.2, 0) is 0 Å². The molecule has 0 aliphatic carbocycles. The molecule has 0 saturated carbocycles. The lowest BCUT2D eigenvalue weighted by Gasteiger charge is -2.06. The lowest BCUT2D eigenvalue weighted by atomic mass is 10.0. The zero-order valence-corrected chi connectivity index (χ0v) is 10.6. The Morgan fingerprint density at radius 2 is 1.35 bits per heavy atom. The zero-order valence-electron chi connectivity index (χ0n) is 10.6. The largest absolute Gasteiger partial charge is 0.290 e. The Kier molecular flexibility index (Phi) is 4.09. The Labute approximate surface area is 115 Å². The van der Waals surface area contributed by atoms with Gasteiger partial charge in [-0.3, -0.25) is 20.4 Å². The van der Waals surface area contributed by atoms with Crippen molar-refractivity contribution in [1.82, 2.24) is 10.9 Å². The van der Waals surface area contributed by atoms with E-state index in [1.165, 1.54) is 0 Å². The number of nitrogens with one attached hydrogen (secondary N) is 2. The van der Waals surface area contributed by atoms with Gasteiger partial charge in [-0.1, -0.05) is 24.3 Å². The molecule has 102 valence electrons. The van der Waals surface area contributed by atoms with E-state index in [9.17, 15) is 9.59 Å². The number of carbonyl (C=O) groups excluding carboxylic acids is 2. The highest BCUT2D eigenvalue weighted by Crippen LogP contribution is 2.21. The van der Waals surface area contributed by atoms with Gasteiger partial charge in [0.25, 0.3) is 11.8 Å². The summed E-state index contributed by atoms with van der Waals surface area (Å²) >= 11 is 0. The maximum absolute atomic E-state index is 11.5. The quantitative estimate of drug-likeness (QED) is 0.371. The summed E-state index contributed by atoms with van der Waals surface area (Å²) in [5.41, 5.74) is 6.82. The number of nitrogen functional groups attached to an aromatic ring is 2. The minimum absolute atomic E-state index is 0.354. The molecule has 2 aromatic carbocycles. The molecule has 2 aromatic rings. The third kappa shape index (κ3) is 2.82. The molecule has 2 amide bonds. The number of amides is 2. The van der Waals surface area contributed by atoms with Crippen molar-refractivity contribution in [2.75, 3.05) is 0 Å². The van der Waals surface area contributed by atoms with E-state index in [0.717, 1.165) is 11.1 Å². The van der Waals surface area contributed by atoms with Crippen molar-refractivity contribution < 1.29 is 9.59 Å². The van der Waals surface area contributed by atoms with Gasteiger partial charge in [0.15, 0.2) is 0 Å². The molecule has 6 nitrogen and oxygen atoms in total. The van der Waals surface area contributed by atoms with E-state index in [-0.39, 0.29) is 11.8 Å². The molecular formula is C14H14N4O2. The minimum atomic E-state index is -0.356. The van der Waals surface area contributed by atoms with Gasteiger partial charge >= 0.3 is 0 Å². The fourth-order valence-corrected chi connectivity index (χ4v) is 1.82. The van der Waals surface area contributed by atoms with Gasteiger partial charge in [0.1, 0.15) is 0 Å². The van der Waals surface area contributed by atoms with E-state index in [4.69, 9.17) is 11.7 Å². The van der Waals surface area contributed by atoms with Gasteiger partial charge in [-0.05, 0) is 35.4 Å². The number of benzene rings is 2. The van der Waals surface area contributed by atoms with E-state index in [1.54, 1.807) is 42.5 Å². The van der Waals surface area contributed by atoms with Crippen LogP contribution in [0.1, 0.15) is 20.7 Å². The maximum atomic E-state index is 11.5. The van der Waals surface area contributed by atoms with Crippen molar-refractivity contribution in [2.45, 2.75) is 0 Å². The molecule has 0 heterocycles. The predicted octanol–water partition coefficient (Wildman–Crippen LogP) is 0.561. The van der Waals surface area contributed by atoms with E-state index in [0.29, 0.717) is 11.1 Å². The number of hydrazine groups is 2. The topological polar surface area (TPSA) is 110 Å². The van der Waals surface area contributed by atoms with Crippen LogP contribution in [0.25, 0.3) is 11.1 Å². The number of carbonyl (C=O) groups is 2. The molecule has 0 bridgehead atoms. The Morgan fingerprint density at radius 3 is 1.95 bits per heavy atom. The highest BCUT2D eigenvalue weighted by Gasteiger charge is 2.07. The number of hydrogen-bond acceptors (Lipinski definition) is 4. The zero-order chi connectivity index (χ0) is 14.5. The van der Waals surface area contributed by atoms with Gasteiger partial charge in [-0.2, -0.15) is 0 Å². The van der Waals surface area contributed by atoms with Crippen LogP contribution in [0.15, 0.2) is 48.5 Å². The Balaban J connectivity index is 2.32. The molecule has 0 aliphatic heterocycles. The van der Waals surface area contributed by atoms with Gasteiger partial charge in [-0.15, -0.1) is 0 Å². The van der Waals surface area contributed by atoms with Crippen LogP contribution >= 0.6 is 0 Å². The Hall–Kier alpha value is -2.70. The summed E-state index contributed by atoms with van der Waals surface area (Å²) in [4.78, 5) is 22.8. The molecule has 0 spiro atoms. The lowest BCUT2D eigenvalue weighted by molar-refractivity contribution is 0.0946. The summed E-state index contributed by atoms with van der Waals surface area (Å²) in [7, 11) is 0. The molecule has 0 unspecified atom stereocenters. The molecule has 6 N–H and O–H groups in total. The molecule has 20 heavy (non-hydrogen) atoms. The lowest BCUT2D eigenvalue weighted by Crippen LogP contribution is -2.30. The second kappa shape index (κ2) is 5.96. The first kappa shape index (κ1) is 13.7. The van der Waals surface area contributed by atoms with Crippen LogP contribution < -0.4 is 22.5 Å². The third-order valence-corrected chi connectivity index (χ3v) is 2.87. The van der Waals surface area contributed by atoms with Crippen molar-refractivity contribution in [3.63, 3.8) is 0 Å². The van der Waals surface area contributed by atoms with Gasteiger partial charge in [0.05, 0.1) is 0 Å². The summed E-state index contributed by atoms with van der Waals surface area (Å²) in [6.45, 7) is 0. The number of hydrogen-bond donors (Lipinski definition) is 4. The molecule has 0 atom stereocenters. The number of rotatable bonds is 3. The van der Waals surface area contributed by atoms with Crippen LogP contribution in [0.5, 0.6) is 0 Å². The second-order valence-corrected chi connectivity index (χ2v) is 4.11. The monoisotopic (exact) mass is 270 g/mol. The first-order valence-electron chi connectivity index (χ1n) is 5.88. The fraction of sp³-hybridized carbons (Fsp3) is 0. The van der Waals surface area contributed by atoms with E-state index >= 15 is 0 Å². The molecule has 2 rings (SSSR count). The van der Waals surface area contributed by atoms with Gasteiger partial charge in [0.2, 0.25) is 0 Å². The third-order valence-electron chi connectivity index (χ3n) is 2.87. The van der Waals surface area contributed by atoms with Gasteiger partial charge in [-0.25, -0.2) is 11.7 Å². The maximum Gasteiger partial charge on any atom is 0.265 e. The summed E-state index contributed by atoms with van der Waals surface area (Å²) in [5, 5.41) is 0. The predicted molar refractivity (Wildman–Crippen MR) is 75.2 cm³/mol. The molecule has 0 saturated heterocycles. The molecule has 0 fully saturated rings. The van der Waals surface area contributed by atoms with Crippen LogP contribution in [0, 0.1) is 0 Å². The van der Waals surface area contributed by atoms with E-state index in [2.05, 4.69) is 10.9 Å². The molecule has 0 aromatic heterocycles. The first-order chi connectivity index (χ1) is 9.65. The first-order valence-corrected chi connectivity index (χ1v) is 5.88. The minimum Gasteiger partial charge on any atom is -0.290 e. The van der Waals surface area contributed by atoms with Crippen LogP contribution in [-0.4, -0.2) is 11.8 Å².